The van der Waals surface area contributed by atoms with Gasteiger partial charge in [0, 0.05) is 26.5 Å². The lowest BCUT2D eigenvalue weighted by atomic mass is 10.0. The monoisotopic (exact) mass is 654 g/mol. The SMILES string of the molecule is C=C(CCCN(CCO)CCCC=O)OC(CCCCCCCC)CCCCCCCC.CCCCCCCCC(CCC)OC. The molecule has 0 aliphatic rings. The maximum Gasteiger partial charge on any atom is 0.120 e. The minimum absolute atomic E-state index is 0.164. The summed E-state index contributed by atoms with van der Waals surface area (Å²) in [6.45, 7) is 15.9. The first-order chi connectivity index (χ1) is 22.5. The molecule has 0 aliphatic heterocycles. The second kappa shape index (κ2) is 40.3. The Kier molecular flexibility index (Phi) is 41.3. The van der Waals surface area contributed by atoms with E-state index >= 15 is 0 Å². The molecule has 1 unspecified atom stereocenters. The third kappa shape index (κ3) is 35.9. The molecule has 0 saturated heterocycles. The van der Waals surface area contributed by atoms with Gasteiger partial charge < -0.3 is 24.3 Å². The number of hydrogen-bond acceptors (Lipinski definition) is 5. The number of unbranched alkanes of at least 4 members (excludes halogenated alkanes) is 16. The van der Waals surface area contributed by atoms with Crippen LogP contribution in [-0.4, -0.2) is 61.9 Å². The summed E-state index contributed by atoms with van der Waals surface area (Å²) in [6, 6.07) is 0. The Labute approximate surface area is 289 Å². The van der Waals surface area contributed by atoms with Gasteiger partial charge in [0.05, 0.1) is 24.6 Å². The van der Waals surface area contributed by atoms with Crippen LogP contribution in [0.5, 0.6) is 0 Å². The molecular weight excluding hydrogens is 570 g/mol. The molecule has 0 aromatic rings. The highest BCUT2D eigenvalue weighted by molar-refractivity contribution is 5.49. The van der Waals surface area contributed by atoms with Crippen LogP contribution >= 0.6 is 0 Å². The van der Waals surface area contributed by atoms with E-state index in [1.807, 2.05) is 7.11 Å². The number of allylic oxidation sites excluding steroid dienone is 1. The maximum atomic E-state index is 10.5. The van der Waals surface area contributed by atoms with Crippen LogP contribution in [0.1, 0.15) is 201 Å². The number of aliphatic hydroxyl groups is 1. The van der Waals surface area contributed by atoms with Crippen molar-refractivity contribution < 1.29 is 19.4 Å². The fraction of sp³-hybridized carbons (Fsp3) is 0.927. The van der Waals surface area contributed by atoms with Gasteiger partial charge in [-0.25, -0.2) is 0 Å². The largest absolute Gasteiger partial charge is 0.495 e. The molecule has 1 N–H and O–H groups in total. The molecule has 0 rings (SSSR count). The summed E-state index contributed by atoms with van der Waals surface area (Å²) in [5.74, 6) is 0.920. The molecule has 0 aromatic carbocycles. The minimum atomic E-state index is 0.164. The molecule has 46 heavy (non-hydrogen) atoms. The van der Waals surface area contributed by atoms with Gasteiger partial charge in [0.2, 0.25) is 0 Å². The lowest BCUT2D eigenvalue weighted by Crippen LogP contribution is -2.29. The molecular formula is C41H83NO4. The van der Waals surface area contributed by atoms with Crippen molar-refractivity contribution in [2.75, 3.05) is 33.4 Å². The molecule has 0 fully saturated rings. The number of hydrogen-bond donors (Lipinski definition) is 1. The molecule has 1 atom stereocenters. The topological polar surface area (TPSA) is 59.0 Å². The van der Waals surface area contributed by atoms with Gasteiger partial charge in [-0.3, -0.25) is 0 Å². The number of ether oxygens (including phenoxy) is 2. The lowest BCUT2D eigenvalue weighted by molar-refractivity contribution is -0.108. The lowest BCUT2D eigenvalue weighted by Gasteiger charge is -2.23. The average molecular weight is 654 g/mol. The zero-order valence-corrected chi connectivity index (χ0v) is 32.0. The van der Waals surface area contributed by atoms with Crippen molar-refractivity contribution >= 4 is 6.29 Å². The maximum absolute atomic E-state index is 10.5. The predicted octanol–water partition coefficient (Wildman–Crippen LogP) is 12.0. The Morgan fingerprint density at radius 1 is 0.609 bits per heavy atom. The second-order valence-electron chi connectivity index (χ2n) is 13.6. The Morgan fingerprint density at radius 3 is 1.50 bits per heavy atom. The van der Waals surface area contributed by atoms with E-state index in [4.69, 9.17) is 9.47 Å². The molecule has 0 aliphatic carbocycles. The molecule has 0 bridgehead atoms. The molecule has 0 amide bonds. The van der Waals surface area contributed by atoms with Crippen molar-refractivity contribution in [3.63, 3.8) is 0 Å². The standard InChI is InChI=1S/C28H55NO3.C13H28O/c1-4-6-8-10-12-14-20-28(21-15-13-11-9-7-5-2)32-27(3)19-18-23-29(24-26-31)22-16-17-25-30;1-4-6-7-8-9-10-12-13(14-3)11-5-2/h25,28,31H,3-24,26H2,1-2H3;13H,4-12H2,1-3H3. The fourth-order valence-electron chi connectivity index (χ4n) is 6.09. The van der Waals surface area contributed by atoms with Crippen molar-refractivity contribution in [1.29, 1.82) is 0 Å². The van der Waals surface area contributed by atoms with Crippen molar-refractivity contribution in [2.24, 2.45) is 0 Å². The smallest absolute Gasteiger partial charge is 0.120 e. The highest BCUT2D eigenvalue weighted by atomic mass is 16.5. The van der Waals surface area contributed by atoms with E-state index in [-0.39, 0.29) is 6.61 Å². The third-order valence-electron chi connectivity index (χ3n) is 9.06. The normalized spacial score (nSPS) is 11.9. The first-order valence-corrected chi connectivity index (χ1v) is 20.2. The van der Waals surface area contributed by atoms with Crippen LogP contribution in [0, 0.1) is 0 Å². The van der Waals surface area contributed by atoms with Crippen LogP contribution in [0.4, 0.5) is 0 Å². The van der Waals surface area contributed by atoms with Crippen molar-refractivity contribution in [3.05, 3.63) is 12.3 Å². The van der Waals surface area contributed by atoms with Crippen LogP contribution < -0.4 is 0 Å². The molecule has 0 saturated carbocycles. The van der Waals surface area contributed by atoms with Crippen LogP contribution in [0.3, 0.4) is 0 Å². The first-order valence-electron chi connectivity index (χ1n) is 20.2. The number of nitrogens with zero attached hydrogens (tertiary/aromatic N) is 1. The number of aliphatic hydroxyl groups excluding tert-OH is 1. The van der Waals surface area contributed by atoms with Crippen LogP contribution in [0.25, 0.3) is 0 Å². The van der Waals surface area contributed by atoms with Gasteiger partial charge in [-0.2, -0.15) is 0 Å². The summed E-state index contributed by atoms with van der Waals surface area (Å²) >= 11 is 0. The summed E-state index contributed by atoms with van der Waals surface area (Å²) in [4.78, 5) is 12.8. The van der Waals surface area contributed by atoms with Gasteiger partial charge in [0.1, 0.15) is 6.29 Å². The zero-order chi connectivity index (χ0) is 34.4. The number of carbonyl (C=O) groups excluding carboxylic acids is 1. The highest BCUT2D eigenvalue weighted by Crippen LogP contribution is 2.20. The van der Waals surface area contributed by atoms with E-state index in [1.54, 1.807) is 0 Å². The Morgan fingerprint density at radius 2 is 1.07 bits per heavy atom. The van der Waals surface area contributed by atoms with Gasteiger partial charge in [0.15, 0.2) is 0 Å². The van der Waals surface area contributed by atoms with E-state index in [2.05, 4.69) is 39.2 Å². The predicted molar refractivity (Wildman–Crippen MR) is 202 cm³/mol. The van der Waals surface area contributed by atoms with Crippen LogP contribution in [0.2, 0.25) is 0 Å². The van der Waals surface area contributed by atoms with Crippen molar-refractivity contribution in [1.82, 2.24) is 4.90 Å². The fourth-order valence-corrected chi connectivity index (χ4v) is 6.09. The summed E-state index contributed by atoms with van der Waals surface area (Å²) in [5, 5.41) is 9.27. The van der Waals surface area contributed by atoms with E-state index in [9.17, 15) is 9.90 Å². The van der Waals surface area contributed by atoms with Gasteiger partial charge >= 0.3 is 0 Å². The molecule has 5 nitrogen and oxygen atoms in total. The summed E-state index contributed by atoms with van der Waals surface area (Å²) < 4.78 is 11.8. The minimum Gasteiger partial charge on any atom is -0.495 e. The van der Waals surface area contributed by atoms with Crippen molar-refractivity contribution in [2.45, 2.75) is 213 Å². The Hall–Kier alpha value is -0.910. The molecule has 5 heteroatoms. The van der Waals surface area contributed by atoms with Crippen molar-refractivity contribution in [3.8, 4) is 0 Å². The second-order valence-corrected chi connectivity index (χ2v) is 13.6. The quantitative estimate of drug-likeness (QED) is 0.0414. The number of rotatable bonds is 36. The van der Waals surface area contributed by atoms with Gasteiger partial charge in [-0.15, -0.1) is 0 Å². The summed E-state index contributed by atoms with van der Waals surface area (Å²) in [5.41, 5.74) is 0. The van der Waals surface area contributed by atoms with E-state index < -0.39 is 0 Å². The summed E-state index contributed by atoms with van der Waals surface area (Å²) in [6.07, 6.45) is 35.4. The molecule has 0 spiro atoms. The average Bonchev–Trinajstić information content (AvgIpc) is 3.05. The van der Waals surface area contributed by atoms with E-state index in [0.717, 1.165) is 57.2 Å². The number of carbonyl (C=O) groups is 1. The highest BCUT2D eigenvalue weighted by Gasteiger charge is 2.12. The number of aldehydes is 1. The molecule has 0 radical (unpaired) electrons. The van der Waals surface area contributed by atoms with E-state index in [1.165, 1.54) is 135 Å². The van der Waals surface area contributed by atoms with Crippen LogP contribution in [0.15, 0.2) is 12.3 Å². The third-order valence-corrected chi connectivity index (χ3v) is 9.06. The number of methoxy groups -OCH3 is 1. The Bertz CT molecular complexity index is 583. The van der Waals surface area contributed by atoms with Gasteiger partial charge in [-0.05, 0) is 64.5 Å². The summed E-state index contributed by atoms with van der Waals surface area (Å²) in [7, 11) is 1.84. The Balaban J connectivity index is 0. The zero-order valence-electron chi connectivity index (χ0n) is 32.0. The van der Waals surface area contributed by atoms with Gasteiger partial charge in [0.25, 0.3) is 0 Å². The van der Waals surface area contributed by atoms with Gasteiger partial charge in [-0.1, -0.05) is 143 Å². The first kappa shape index (κ1) is 47.2. The molecule has 0 heterocycles. The van der Waals surface area contributed by atoms with E-state index in [0.29, 0.717) is 25.2 Å². The molecule has 0 aromatic heterocycles. The van der Waals surface area contributed by atoms with Crippen LogP contribution in [-0.2, 0) is 14.3 Å². The molecule has 276 valence electrons.